The van der Waals surface area contributed by atoms with Crippen LogP contribution in [0, 0.1) is 0 Å². The zero-order valence-electron chi connectivity index (χ0n) is 16.3. The van der Waals surface area contributed by atoms with Crippen LogP contribution >= 0.6 is 11.3 Å². The predicted molar refractivity (Wildman–Crippen MR) is 117 cm³/mol. The molecule has 2 aliphatic rings. The molecule has 0 radical (unpaired) electrons. The molecule has 1 N–H and O–H groups in total. The van der Waals surface area contributed by atoms with Gasteiger partial charge in [-0.15, -0.1) is 11.3 Å². The van der Waals surface area contributed by atoms with Gasteiger partial charge in [-0.25, -0.2) is 0 Å². The van der Waals surface area contributed by atoms with E-state index in [1.54, 1.807) is 11.3 Å². The molecule has 5 heteroatoms. The van der Waals surface area contributed by atoms with E-state index >= 15 is 0 Å². The molecule has 0 saturated heterocycles. The third kappa shape index (κ3) is 3.68. The van der Waals surface area contributed by atoms with Crippen molar-refractivity contribution in [3.05, 3.63) is 93.8 Å². The molecular weight excluding hydrogens is 394 g/mol. The minimum absolute atomic E-state index is 0.0345. The van der Waals surface area contributed by atoms with Gasteiger partial charge in [-0.05, 0) is 47.7 Å². The second kappa shape index (κ2) is 7.92. The zero-order valence-corrected chi connectivity index (χ0v) is 17.2. The highest BCUT2D eigenvalue weighted by atomic mass is 32.1. The molecule has 2 atom stereocenters. The first-order chi connectivity index (χ1) is 14.7. The molecule has 0 spiro atoms. The summed E-state index contributed by atoms with van der Waals surface area (Å²) in [7, 11) is 0. The Labute approximate surface area is 179 Å². The molecule has 0 unspecified atom stereocenters. The zero-order chi connectivity index (χ0) is 20.5. The van der Waals surface area contributed by atoms with Gasteiger partial charge < -0.3 is 10.1 Å². The van der Waals surface area contributed by atoms with Gasteiger partial charge in [-0.1, -0.05) is 36.4 Å². The highest BCUT2D eigenvalue weighted by Gasteiger charge is 2.38. The Morgan fingerprint density at radius 2 is 1.70 bits per heavy atom. The topological polar surface area (TPSA) is 55.4 Å². The Kier molecular flexibility index (Phi) is 4.97. The van der Waals surface area contributed by atoms with Gasteiger partial charge in [0.25, 0.3) is 0 Å². The molecule has 150 valence electrons. The molecule has 2 aromatic carbocycles. The monoisotopic (exact) mass is 415 g/mol. The van der Waals surface area contributed by atoms with E-state index in [9.17, 15) is 9.59 Å². The van der Waals surface area contributed by atoms with Crippen molar-refractivity contribution in [3.63, 3.8) is 0 Å². The molecule has 4 nitrogen and oxygen atoms in total. The second-order valence-corrected chi connectivity index (χ2v) is 8.71. The van der Waals surface area contributed by atoms with Crippen LogP contribution < -0.4 is 10.1 Å². The molecule has 3 aromatic rings. The van der Waals surface area contributed by atoms with Crippen LogP contribution in [-0.4, -0.2) is 11.7 Å². The number of hydrogen-bond acceptors (Lipinski definition) is 4. The molecule has 1 aliphatic carbocycles. The molecule has 0 bridgehead atoms. The van der Waals surface area contributed by atoms with Crippen molar-refractivity contribution in [3.8, 4) is 11.5 Å². The van der Waals surface area contributed by atoms with Gasteiger partial charge in [0.15, 0.2) is 5.78 Å². The van der Waals surface area contributed by atoms with E-state index in [0.717, 1.165) is 22.6 Å². The number of Topliss-reactive ketones (excluding diaryl/α,β-unsaturated/α-hetero) is 1. The number of carbonyl (C=O) groups excluding carboxylic acids is 2. The number of para-hydroxylation sites is 1. The average Bonchev–Trinajstić information content (AvgIpc) is 3.29. The summed E-state index contributed by atoms with van der Waals surface area (Å²) < 4.78 is 5.97. The van der Waals surface area contributed by atoms with Crippen molar-refractivity contribution in [2.75, 3.05) is 0 Å². The van der Waals surface area contributed by atoms with Crippen LogP contribution in [0.2, 0.25) is 0 Å². The van der Waals surface area contributed by atoms with Gasteiger partial charge in [0, 0.05) is 40.8 Å². The number of benzene rings is 2. The maximum Gasteiger partial charge on any atom is 0.225 e. The molecule has 1 amide bonds. The molecule has 1 aromatic heterocycles. The second-order valence-electron chi connectivity index (χ2n) is 7.73. The van der Waals surface area contributed by atoms with E-state index in [4.69, 9.17) is 4.74 Å². The molecule has 30 heavy (non-hydrogen) atoms. The number of carbonyl (C=O) groups is 2. The van der Waals surface area contributed by atoms with E-state index in [1.165, 1.54) is 4.88 Å². The van der Waals surface area contributed by atoms with Crippen LogP contribution in [0.3, 0.4) is 0 Å². The number of ketones is 1. The summed E-state index contributed by atoms with van der Waals surface area (Å²) in [6, 6.07) is 21.4. The average molecular weight is 416 g/mol. The molecule has 0 saturated carbocycles. The first-order valence-electron chi connectivity index (χ1n) is 10.1. The summed E-state index contributed by atoms with van der Waals surface area (Å²) in [6.07, 6.45) is 1.47. The first kappa shape index (κ1) is 18.8. The number of allylic oxidation sites excluding steroid dienone is 2. The fourth-order valence-corrected chi connectivity index (χ4v) is 5.22. The number of hydrogen-bond donors (Lipinski definition) is 1. The summed E-state index contributed by atoms with van der Waals surface area (Å²) in [5, 5.41) is 5.02. The van der Waals surface area contributed by atoms with Crippen molar-refractivity contribution < 1.29 is 14.3 Å². The fourth-order valence-electron chi connectivity index (χ4n) is 4.39. The van der Waals surface area contributed by atoms with E-state index in [2.05, 4.69) is 11.4 Å². The number of rotatable bonds is 4. The van der Waals surface area contributed by atoms with E-state index in [-0.39, 0.29) is 29.9 Å². The van der Waals surface area contributed by atoms with Crippen molar-refractivity contribution in [1.82, 2.24) is 5.32 Å². The SMILES string of the molecule is O=C1C[C@@H](c2cccc(Oc3ccccc3)c2)C2=C(C[C@H](c3cccs3)CC2=O)N1. The van der Waals surface area contributed by atoms with Crippen molar-refractivity contribution >= 4 is 23.0 Å². The Hall–Kier alpha value is -3.18. The predicted octanol–water partition coefficient (Wildman–Crippen LogP) is 5.54. The normalized spacial score (nSPS) is 21.2. The minimum Gasteiger partial charge on any atom is -0.457 e. The third-order valence-corrected chi connectivity index (χ3v) is 6.76. The van der Waals surface area contributed by atoms with E-state index in [0.29, 0.717) is 18.6 Å². The molecule has 0 fully saturated rings. The lowest BCUT2D eigenvalue weighted by atomic mass is 9.74. The van der Waals surface area contributed by atoms with Crippen molar-refractivity contribution in [2.24, 2.45) is 0 Å². The van der Waals surface area contributed by atoms with E-state index < -0.39 is 0 Å². The highest BCUT2D eigenvalue weighted by molar-refractivity contribution is 7.10. The Morgan fingerprint density at radius 1 is 0.867 bits per heavy atom. The van der Waals surface area contributed by atoms with Crippen LogP contribution in [0.4, 0.5) is 0 Å². The lowest BCUT2D eigenvalue weighted by Gasteiger charge is -2.34. The third-order valence-electron chi connectivity index (χ3n) is 5.72. The minimum atomic E-state index is -0.232. The number of amides is 1. The molecule has 2 heterocycles. The van der Waals surface area contributed by atoms with Crippen molar-refractivity contribution in [1.29, 1.82) is 0 Å². The van der Waals surface area contributed by atoms with Gasteiger partial charge in [-0.3, -0.25) is 9.59 Å². The number of nitrogens with one attached hydrogen (secondary N) is 1. The van der Waals surface area contributed by atoms with Crippen LogP contribution in [0.15, 0.2) is 83.4 Å². The standard InChI is InChI=1S/C25H21NO3S/c27-22-14-17(23-10-5-11-30-23)13-21-25(22)20(15-24(28)26-21)16-6-4-9-19(12-16)29-18-7-2-1-3-8-18/h1-12,17,20H,13-15H2,(H,26,28)/t17-,20-/m0/s1. The maximum atomic E-state index is 13.2. The van der Waals surface area contributed by atoms with Gasteiger partial charge in [0.2, 0.25) is 5.91 Å². The maximum absolute atomic E-state index is 13.2. The number of ether oxygens (including phenoxy) is 1. The quantitative estimate of drug-likeness (QED) is 0.608. The van der Waals surface area contributed by atoms with Gasteiger partial charge in [0.1, 0.15) is 11.5 Å². The van der Waals surface area contributed by atoms with Crippen molar-refractivity contribution in [2.45, 2.75) is 31.1 Å². The Bertz CT molecular complexity index is 1120. The summed E-state index contributed by atoms with van der Waals surface area (Å²) in [5.74, 6) is 1.46. The van der Waals surface area contributed by atoms with Crippen LogP contribution in [0.5, 0.6) is 11.5 Å². The molecular formula is C25H21NO3S. The fraction of sp³-hybridized carbons (Fsp3) is 0.200. The summed E-state index contributed by atoms with van der Waals surface area (Å²) in [6.45, 7) is 0. The van der Waals surface area contributed by atoms with Gasteiger partial charge in [0.05, 0.1) is 0 Å². The first-order valence-corrected chi connectivity index (χ1v) is 11.0. The number of thiophene rings is 1. The summed E-state index contributed by atoms with van der Waals surface area (Å²) >= 11 is 1.67. The lowest BCUT2D eigenvalue weighted by molar-refractivity contribution is -0.122. The van der Waals surface area contributed by atoms with Crippen LogP contribution in [0.1, 0.15) is 41.5 Å². The molecule has 5 rings (SSSR count). The van der Waals surface area contributed by atoms with Gasteiger partial charge >= 0.3 is 0 Å². The highest BCUT2D eigenvalue weighted by Crippen LogP contribution is 2.43. The molecule has 1 aliphatic heterocycles. The van der Waals surface area contributed by atoms with Crippen LogP contribution in [-0.2, 0) is 9.59 Å². The summed E-state index contributed by atoms with van der Waals surface area (Å²) in [4.78, 5) is 26.9. The van der Waals surface area contributed by atoms with Gasteiger partial charge in [-0.2, -0.15) is 0 Å². The van der Waals surface area contributed by atoms with Crippen LogP contribution in [0.25, 0.3) is 0 Å². The summed E-state index contributed by atoms with van der Waals surface area (Å²) in [5.41, 5.74) is 2.49. The Balaban J connectivity index is 1.47. The lowest BCUT2D eigenvalue weighted by Crippen LogP contribution is -2.38. The Morgan fingerprint density at radius 3 is 2.50 bits per heavy atom. The smallest absolute Gasteiger partial charge is 0.225 e. The van der Waals surface area contributed by atoms with E-state index in [1.807, 2.05) is 66.0 Å². The largest absolute Gasteiger partial charge is 0.457 e.